The van der Waals surface area contributed by atoms with Gasteiger partial charge in [0, 0.05) is 19.1 Å². The van der Waals surface area contributed by atoms with Crippen LogP contribution < -0.4 is 4.72 Å². The number of benzene rings is 2. The molecule has 2 amide bonds. The van der Waals surface area contributed by atoms with Crippen molar-refractivity contribution in [2.45, 2.75) is 42.8 Å². The molecule has 0 aliphatic carbocycles. The van der Waals surface area contributed by atoms with Crippen LogP contribution in [0.5, 0.6) is 0 Å². The molecule has 164 valence electrons. The van der Waals surface area contributed by atoms with Crippen LogP contribution >= 0.6 is 0 Å². The minimum Gasteiger partial charge on any atom is -0.291 e. The van der Waals surface area contributed by atoms with Gasteiger partial charge in [0.1, 0.15) is 5.82 Å². The number of carbonyl (C=O) groups is 2. The summed E-state index contributed by atoms with van der Waals surface area (Å²) in [6, 6.07) is 13.3. The van der Waals surface area contributed by atoms with E-state index in [1.807, 2.05) is 35.2 Å². The van der Waals surface area contributed by atoms with Gasteiger partial charge in [0.25, 0.3) is 0 Å². The SMILES string of the molecule is O=C1CC(N2CCC(NS(=O)(=O)c3ccc(F)cc3)CC2)C(=O)N1Cc1ccccc1. The van der Waals surface area contributed by atoms with E-state index in [0.717, 1.165) is 17.7 Å². The van der Waals surface area contributed by atoms with Crippen LogP contribution in [0.2, 0.25) is 0 Å². The molecule has 2 aromatic rings. The fraction of sp³-hybridized carbons (Fsp3) is 0.364. The molecule has 9 heteroatoms. The molecule has 2 fully saturated rings. The van der Waals surface area contributed by atoms with Crippen molar-refractivity contribution in [1.82, 2.24) is 14.5 Å². The van der Waals surface area contributed by atoms with E-state index in [-0.39, 0.29) is 35.7 Å². The van der Waals surface area contributed by atoms with E-state index in [1.54, 1.807) is 0 Å². The maximum absolute atomic E-state index is 13.1. The van der Waals surface area contributed by atoms with Gasteiger partial charge in [-0.05, 0) is 42.7 Å². The zero-order valence-corrected chi connectivity index (χ0v) is 17.7. The average molecular weight is 446 g/mol. The van der Waals surface area contributed by atoms with Gasteiger partial charge in [-0.15, -0.1) is 0 Å². The minimum atomic E-state index is -3.74. The van der Waals surface area contributed by atoms with Gasteiger partial charge in [-0.2, -0.15) is 0 Å². The van der Waals surface area contributed by atoms with Crippen LogP contribution in [0.4, 0.5) is 4.39 Å². The normalized spacial score (nSPS) is 21.1. The Bertz CT molecular complexity index is 1050. The Morgan fingerprint density at radius 3 is 2.26 bits per heavy atom. The first-order valence-corrected chi connectivity index (χ1v) is 11.7. The first-order valence-electron chi connectivity index (χ1n) is 10.2. The highest BCUT2D eigenvalue weighted by molar-refractivity contribution is 7.89. The van der Waals surface area contributed by atoms with Crippen LogP contribution in [-0.4, -0.2) is 55.2 Å². The van der Waals surface area contributed by atoms with E-state index in [4.69, 9.17) is 0 Å². The fourth-order valence-corrected chi connectivity index (χ4v) is 5.42. The summed E-state index contributed by atoms with van der Waals surface area (Å²) >= 11 is 0. The van der Waals surface area contributed by atoms with Crippen molar-refractivity contribution in [2.75, 3.05) is 13.1 Å². The Hall–Kier alpha value is -2.62. The Kier molecular flexibility index (Phi) is 6.17. The van der Waals surface area contributed by atoms with Crippen LogP contribution in [0.15, 0.2) is 59.5 Å². The van der Waals surface area contributed by atoms with Crippen LogP contribution in [0.1, 0.15) is 24.8 Å². The summed E-state index contributed by atoms with van der Waals surface area (Å²) in [5.74, 6) is -0.874. The lowest BCUT2D eigenvalue weighted by Crippen LogP contribution is -2.50. The van der Waals surface area contributed by atoms with Crippen molar-refractivity contribution in [3.05, 3.63) is 66.0 Å². The summed E-state index contributed by atoms with van der Waals surface area (Å²) in [7, 11) is -3.74. The molecule has 4 rings (SSSR count). The van der Waals surface area contributed by atoms with E-state index < -0.39 is 21.9 Å². The van der Waals surface area contributed by atoms with Gasteiger partial charge in [0.05, 0.1) is 23.9 Å². The maximum atomic E-state index is 13.1. The molecule has 0 bridgehead atoms. The van der Waals surface area contributed by atoms with Crippen LogP contribution in [0, 0.1) is 5.82 Å². The number of likely N-dealkylation sites (tertiary alicyclic amines) is 2. The molecule has 0 spiro atoms. The standard InChI is InChI=1S/C22H24FN3O4S/c23-17-6-8-19(9-7-17)31(29,30)24-18-10-12-25(13-11-18)20-14-21(27)26(22(20)28)15-16-4-2-1-3-5-16/h1-9,18,20,24H,10-15H2. The molecule has 2 aliphatic rings. The van der Waals surface area contributed by atoms with Crippen molar-refractivity contribution in [1.29, 1.82) is 0 Å². The van der Waals surface area contributed by atoms with Crippen molar-refractivity contribution in [2.24, 2.45) is 0 Å². The van der Waals surface area contributed by atoms with Gasteiger partial charge in [0.2, 0.25) is 21.8 Å². The number of hydrogen-bond acceptors (Lipinski definition) is 5. The van der Waals surface area contributed by atoms with Gasteiger partial charge in [0.15, 0.2) is 0 Å². The van der Waals surface area contributed by atoms with Crippen LogP contribution in [-0.2, 0) is 26.2 Å². The number of sulfonamides is 1. The molecule has 1 atom stereocenters. The molecule has 2 saturated heterocycles. The Morgan fingerprint density at radius 1 is 0.968 bits per heavy atom. The van der Waals surface area contributed by atoms with Crippen molar-refractivity contribution in [3.63, 3.8) is 0 Å². The molecule has 1 unspecified atom stereocenters. The third kappa shape index (κ3) is 4.84. The fourth-order valence-electron chi connectivity index (χ4n) is 4.11. The molecule has 0 saturated carbocycles. The van der Waals surface area contributed by atoms with Gasteiger partial charge in [-0.1, -0.05) is 30.3 Å². The van der Waals surface area contributed by atoms with E-state index in [1.165, 1.54) is 17.0 Å². The Labute approximate surface area is 180 Å². The Balaban J connectivity index is 1.34. The summed E-state index contributed by atoms with van der Waals surface area (Å²) in [4.78, 5) is 28.6. The molecule has 2 aromatic carbocycles. The number of amides is 2. The molecule has 0 radical (unpaired) electrons. The molecule has 2 aliphatic heterocycles. The summed E-state index contributed by atoms with van der Waals surface area (Å²) in [5.41, 5.74) is 0.902. The quantitative estimate of drug-likeness (QED) is 0.687. The van der Waals surface area contributed by atoms with E-state index >= 15 is 0 Å². The number of nitrogens with one attached hydrogen (secondary N) is 1. The van der Waals surface area contributed by atoms with Crippen molar-refractivity contribution in [3.8, 4) is 0 Å². The number of rotatable bonds is 6. The average Bonchev–Trinajstić information content (AvgIpc) is 3.03. The number of carbonyl (C=O) groups excluding carboxylic acids is 2. The van der Waals surface area contributed by atoms with Gasteiger partial charge in [-0.3, -0.25) is 19.4 Å². The molecule has 31 heavy (non-hydrogen) atoms. The monoisotopic (exact) mass is 445 g/mol. The number of imide groups is 1. The predicted octanol–water partition coefficient (Wildman–Crippen LogP) is 1.90. The third-order valence-corrected chi connectivity index (χ3v) is 7.36. The zero-order valence-electron chi connectivity index (χ0n) is 16.9. The predicted molar refractivity (Wildman–Crippen MR) is 112 cm³/mol. The molecule has 7 nitrogen and oxygen atoms in total. The smallest absolute Gasteiger partial charge is 0.247 e. The highest BCUT2D eigenvalue weighted by Gasteiger charge is 2.42. The Morgan fingerprint density at radius 2 is 1.61 bits per heavy atom. The lowest BCUT2D eigenvalue weighted by atomic mass is 10.0. The largest absolute Gasteiger partial charge is 0.291 e. The molecule has 1 N–H and O–H groups in total. The second kappa shape index (κ2) is 8.86. The van der Waals surface area contributed by atoms with E-state index in [2.05, 4.69) is 4.72 Å². The highest BCUT2D eigenvalue weighted by Crippen LogP contribution is 2.25. The molecule has 0 aromatic heterocycles. The third-order valence-electron chi connectivity index (χ3n) is 5.82. The summed E-state index contributed by atoms with van der Waals surface area (Å²) in [6.07, 6.45) is 1.20. The van der Waals surface area contributed by atoms with Gasteiger partial charge < -0.3 is 0 Å². The highest BCUT2D eigenvalue weighted by atomic mass is 32.2. The first kappa shape index (κ1) is 21.6. The zero-order chi connectivity index (χ0) is 22.0. The second-order valence-electron chi connectivity index (χ2n) is 7.91. The van der Waals surface area contributed by atoms with Crippen LogP contribution in [0.3, 0.4) is 0 Å². The summed E-state index contributed by atoms with van der Waals surface area (Å²) < 4.78 is 40.7. The summed E-state index contributed by atoms with van der Waals surface area (Å²) in [5, 5.41) is 0. The van der Waals surface area contributed by atoms with Gasteiger partial charge >= 0.3 is 0 Å². The maximum Gasteiger partial charge on any atom is 0.247 e. The summed E-state index contributed by atoms with van der Waals surface area (Å²) in [6.45, 7) is 1.29. The number of hydrogen-bond donors (Lipinski definition) is 1. The van der Waals surface area contributed by atoms with Gasteiger partial charge in [-0.25, -0.2) is 17.5 Å². The lowest BCUT2D eigenvalue weighted by molar-refractivity contribution is -0.140. The number of nitrogens with zero attached hydrogens (tertiary/aromatic N) is 2. The lowest BCUT2D eigenvalue weighted by Gasteiger charge is -2.34. The minimum absolute atomic E-state index is 0.0180. The van der Waals surface area contributed by atoms with E-state index in [9.17, 15) is 22.4 Å². The topological polar surface area (TPSA) is 86.8 Å². The number of halogens is 1. The molecular weight excluding hydrogens is 421 g/mol. The second-order valence-corrected chi connectivity index (χ2v) is 9.62. The number of piperidine rings is 1. The molecule has 2 heterocycles. The molecular formula is C22H24FN3O4S. The van der Waals surface area contributed by atoms with Crippen molar-refractivity contribution >= 4 is 21.8 Å². The van der Waals surface area contributed by atoms with Crippen molar-refractivity contribution < 1.29 is 22.4 Å². The first-order chi connectivity index (χ1) is 14.8. The van der Waals surface area contributed by atoms with Crippen LogP contribution in [0.25, 0.3) is 0 Å². The van der Waals surface area contributed by atoms with E-state index in [0.29, 0.717) is 25.9 Å².